The van der Waals surface area contributed by atoms with Gasteiger partial charge in [0.15, 0.2) is 0 Å². The van der Waals surface area contributed by atoms with Crippen LogP contribution in [-0.4, -0.2) is 35.2 Å². The smallest absolute Gasteiger partial charge is 0.233 e. The highest BCUT2D eigenvalue weighted by Gasteiger charge is 2.53. The Hall–Kier alpha value is -1.39. The van der Waals surface area contributed by atoms with Crippen LogP contribution in [0.4, 0.5) is 0 Å². The summed E-state index contributed by atoms with van der Waals surface area (Å²) >= 11 is 0. The van der Waals surface area contributed by atoms with Crippen LogP contribution in [0.3, 0.4) is 0 Å². The molecule has 5 aliphatic carbocycles. The molecule has 4 bridgehead atoms. The number of rotatable bonds is 5. The van der Waals surface area contributed by atoms with E-state index in [1.165, 1.54) is 43.4 Å². The standard InChI is InChI=1S/C23H34N2O3/c1-14(23-11-15-8-16(12-23)10-17(9-15)13-23)24-20(26)6-7-25-21(27)18-4-2-3-5-19(18)22(25)28/h14-19H,2-13H2,1H3,(H,24,26)/t14-,15?,16?,17?,18-,19+,23?/m1/s1. The molecule has 3 amide bonds. The van der Waals surface area contributed by atoms with Crippen molar-refractivity contribution in [2.24, 2.45) is 35.0 Å². The summed E-state index contributed by atoms with van der Waals surface area (Å²) in [5.41, 5.74) is 0.290. The number of nitrogens with one attached hydrogen (secondary N) is 1. The molecule has 1 heterocycles. The first-order valence-electron chi connectivity index (χ1n) is 11.6. The highest BCUT2D eigenvalue weighted by Crippen LogP contribution is 2.61. The minimum absolute atomic E-state index is 0.00119. The second-order valence-electron chi connectivity index (χ2n) is 10.6. The van der Waals surface area contributed by atoms with Crippen molar-refractivity contribution in [3.8, 4) is 0 Å². The molecule has 6 rings (SSSR count). The Morgan fingerprint density at radius 3 is 2.00 bits per heavy atom. The quantitative estimate of drug-likeness (QED) is 0.738. The van der Waals surface area contributed by atoms with E-state index in [0.29, 0.717) is 5.41 Å². The second kappa shape index (κ2) is 6.84. The molecular formula is C23H34N2O3. The van der Waals surface area contributed by atoms with E-state index < -0.39 is 0 Å². The third-order valence-electron chi connectivity index (χ3n) is 8.88. The van der Waals surface area contributed by atoms with Gasteiger partial charge in [0.1, 0.15) is 0 Å². The van der Waals surface area contributed by atoms with Gasteiger partial charge in [-0.2, -0.15) is 0 Å². The highest BCUT2D eigenvalue weighted by molar-refractivity contribution is 6.05. The van der Waals surface area contributed by atoms with E-state index in [1.807, 2.05) is 0 Å². The van der Waals surface area contributed by atoms with Gasteiger partial charge in [-0.3, -0.25) is 19.3 Å². The lowest BCUT2D eigenvalue weighted by atomic mass is 9.48. The summed E-state index contributed by atoms with van der Waals surface area (Å²) in [6.07, 6.45) is 12.0. The van der Waals surface area contributed by atoms with Gasteiger partial charge in [-0.25, -0.2) is 0 Å². The van der Waals surface area contributed by atoms with E-state index >= 15 is 0 Å². The monoisotopic (exact) mass is 386 g/mol. The number of carbonyl (C=O) groups excluding carboxylic acids is 3. The Kier molecular flexibility index (Phi) is 4.55. The SMILES string of the molecule is C[C@@H](NC(=O)CCN1C(=O)[C@H]2CCCC[C@H]2C1=O)C12CC3CC(CC(C3)C1)C2. The maximum Gasteiger partial charge on any atom is 0.233 e. The van der Waals surface area contributed by atoms with Gasteiger partial charge in [0, 0.05) is 19.0 Å². The van der Waals surface area contributed by atoms with Crippen molar-refractivity contribution in [1.29, 1.82) is 0 Å². The molecule has 0 aromatic rings. The zero-order chi connectivity index (χ0) is 19.5. The number of imide groups is 1. The van der Waals surface area contributed by atoms with Crippen LogP contribution in [0, 0.1) is 35.0 Å². The molecule has 6 aliphatic rings. The van der Waals surface area contributed by atoms with Crippen molar-refractivity contribution in [2.45, 2.75) is 83.6 Å². The Labute approximate surface area is 168 Å². The lowest BCUT2D eigenvalue weighted by Crippen LogP contribution is -2.56. The van der Waals surface area contributed by atoms with E-state index in [-0.39, 0.29) is 48.6 Å². The summed E-state index contributed by atoms with van der Waals surface area (Å²) in [5, 5.41) is 3.27. The lowest BCUT2D eigenvalue weighted by Gasteiger charge is -2.59. The first-order chi connectivity index (χ1) is 13.4. The third kappa shape index (κ3) is 3.00. The zero-order valence-corrected chi connectivity index (χ0v) is 17.1. The summed E-state index contributed by atoms with van der Waals surface area (Å²) in [7, 11) is 0. The molecule has 0 unspecified atom stereocenters. The maximum absolute atomic E-state index is 12.7. The Balaban J connectivity index is 1.17. The van der Waals surface area contributed by atoms with E-state index in [4.69, 9.17) is 0 Å². The van der Waals surface area contributed by atoms with Gasteiger partial charge in [-0.15, -0.1) is 0 Å². The zero-order valence-electron chi connectivity index (χ0n) is 17.1. The van der Waals surface area contributed by atoms with Crippen LogP contribution in [0.2, 0.25) is 0 Å². The van der Waals surface area contributed by atoms with Gasteiger partial charge in [-0.1, -0.05) is 12.8 Å². The molecule has 5 nitrogen and oxygen atoms in total. The summed E-state index contributed by atoms with van der Waals surface area (Å²) in [5.74, 6) is 2.31. The third-order valence-corrected chi connectivity index (χ3v) is 8.88. The van der Waals surface area contributed by atoms with Crippen molar-refractivity contribution < 1.29 is 14.4 Å². The maximum atomic E-state index is 12.7. The fraction of sp³-hybridized carbons (Fsp3) is 0.870. The number of hydrogen-bond donors (Lipinski definition) is 1. The molecule has 0 aromatic carbocycles. The summed E-state index contributed by atoms with van der Waals surface area (Å²) in [6.45, 7) is 2.44. The number of hydrogen-bond acceptors (Lipinski definition) is 3. The summed E-state index contributed by atoms with van der Waals surface area (Å²) in [4.78, 5) is 39.2. The van der Waals surface area contributed by atoms with Crippen molar-refractivity contribution in [3.05, 3.63) is 0 Å². The summed E-state index contributed by atoms with van der Waals surface area (Å²) in [6, 6.07) is 0.195. The van der Waals surface area contributed by atoms with Crippen LogP contribution in [0.1, 0.15) is 77.6 Å². The van der Waals surface area contributed by atoms with Gasteiger partial charge >= 0.3 is 0 Å². The number of amides is 3. The van der Waals surface area contributed by atoms with Gasteiger partial charge in [0.25, 0.3) is 0 Å². The van der Waals surface area contributed by atoms with Crippen LogP contribution in [0.5, 0.6) is 0 Å². The van der Waals surface area contributed by atoms with Crippen molar-refractivity contribution in [3.63, 3.8) is 0 Å². The van der Waals surface area contributed by atoms with Crippen LogP contribution in [0.25, 0.3) is 0 Å². The first-order valence-corrected chi connectivity index (χ1v) is 11.6. The molecular weight excluding hydrogens is 352 g/mol. The van der Waals surface area contributed by atoms with Gasteiger partial charge in [0.2, 0.25) is 17.7 Å². The molecule has 154 valence electrons. The minimum atomic E-state index is -0.116. The van der Waals surface area contributed by atoms with Crippen molar-refractivity contribution in [1.82, 2.24) is 10.2 Å². The van der Waals surface area contributed by atoms with Crippen LogP contribution < -0.4 is 5.32 Å². The Morgan fingerprint density at radius 2 is 1.50 bits per heavy atom. The summed E-state index contributed by atoms with van der Waals surface area (Å²) < 4.78 is 0. The average Bonchev–Trinajstić information content (AvgIpc) is 2.90. The lowest BCUT2D eigenvalue weighted by molar-refractivity contribution is -0.140. The molecule has 28 heavy (non-hydrogen) atoms. The molecule has 0 aromatic heterocycles. The Morgan fingerprint density at radius 1 is 1.00 bits per heavy atom. The molecule has 5 saturated carbocycles. The molecule has 1 N–H and O–H groups in total. The molecule has 5 heteroatoms. The number of nitrogens with zero attached hydrogens (tertiary/aromatic N) is 1. The van der Waals surface area contributed by atoms with Crippen LogP contribution in [0.15, 0.2) is 0 Å². The van der Waals surface area contributed by atoms with Crippen LogP contribution >= 0.6 is 0 Å². The Bertz CT molecular complexity index is 628. The van der Waals surface area contributed by atoms with Crippen molar-refractivity contribution in [2.75, 3.05) is 6.54 Å². The van der Waals surface area contributed by atoms with Gasteiger partial charge in [-0.05, 0) is 81.5 Å². The fourth-order valence-electron chi connectivity index (χ4n) is 7.84. The van der Waals surface area contributed by atoms with E-state index in [1.54, 1.807) is 0 Å². The number of carbonyl (C=O) groups is 3. The number of likely N-dealkylation sites (tertiary alicyclic amines) is 1. The predicted octanol–water partition coefficient (Wildman–Crippen LogP) is 3.27. The molecule has 3 atom stereocenters. The first kappa shape index (κ1) is 18.6. The van der Waals surface area contributed by atoms with Crippen molar-refractivity contribution >= 4 is 17.7 Å². The normalized spacial score (nSPS) is 42.6. The fourth-order valence-corrected chi connectivity index (χ4v) is 7.84. The van der Waals surface area contributed by atoms with E-state index in [0.717, 1.165) is 43.4 Å². The number of fused-ring (bicyclic) bond motifs is 1. The predicted molar refractivity (Wildman–Crippen MR) is 105 cm³/mol. The average molecular weight is 387 g/mol. The molecule has 0 spiro atoms. The highest BCUT2D eigenvalue weighted by atomic mass is 16.2. The molecule has 0 radical (unpaired) electrons. The van der Waals surface area contributed by atoms with E-state index in [9.17, 15) is 14.4 Å². The largest absolute Gasteiger partial charge is 0.353 e. The second-order valence-corrected chi connectivity index (χ2v) is 10.6. The van der Waals surface area contributed by atoms with Crippen LogP contribution in [-0.2, 0) is 14.4 Å². The van der Waals surface area contributed by atoms with Gasteiger partial charge < -0.3 is 5.32 Å². The topological polar surface area (TPSA) is 66.5 Å². The molecule has 1 aliphatic heterocycles. The van der Waals surface area contributed by atoms with Gasteiger partial charge in [0.05, 0.1) is 11.8 Å². The minimum Gasteiger partial charge on any atom is -0.353 e. The van der Waals surface area contributed by atoms with E-state index in [2.05, 4.69) is 12.2 Å². The molecule has 6 fully saturated rings. The molecule has 1 saturated heterocycles.